The Hall–Kier alpha value is -0.140. The fourth-order valence-corrected chi connectivity index (χ4v) is 4.82. The van der Waals surface area contributed by atoms with Gasteiger partial charge in [-0.1, -0.05) is 13.0 Å². The fourth-order valence-electron chi connectivity index (χ4n) is 2.25. The summed E-state index contributed by atoms with van der Waals surface area (Å²) in [6, 6.07) is 5.22. The minimum absolute atomic E-state index is 0.305. The first-order valence-electron chi connectivity index (χ1n) is 6.56. The lowest BCUT2D eigenvalue weighted by Gasteiger charge is -2.33. The van der Waals surface area contributed by atoms with Crippen LogP contribution in [-0.4, -0.2) is 50.3 Å². The standard InChI is InChI=1S/C13H18BrClN2O2S/c1-2-16-5-7-17(8-6-16)20(18,19)13-9-11(10-15)3-4-12(13)14/h3-4,9H,2,5-8,10H2,1H3. The van der Waals surface area contributed by atoms with Crippen molar-refractivity contribution in [3.63, 3.8) is 0 Å². The normalized spacial score (nSPS) is 18.4. The lowest BCUT2D eigenvalue weighted by molar-refractivity contribution is 0.196. The molecule has 0 amide bonds. The molecule has 2 rings (SSSR count). The van der Waals surface area contributed by atoms with E-state index >= 15 is 0 Å². The SMILES string of the molecule is CCN1CCN(S(=O)(=O)c2cc(CCl)ccc2Br)CC1. The van der Waals surface area contributed by atoms with Crippen molar-refractivity contribution in [1.82, 2.24) is 9.21 Å². The predicted octanol–water partition coefficient (Wildman–Crippen LogP) is 2.51. The Kier molecular flexibility index (Phi) is 5.48. The molecule has 0 spiro atoms. The number of sulfonamides is 1. The summed E-state index contributed by atoms with van der Waals surface area (Å²) in [7, 11) is -3.46. The van der Waals surface area contributed by atoms with Gasteiger partial charge in [-0.25, -0.2) is 8.42 Å². The average molecular weight is 382 g/mol. The van der Waals surface area contributed by atoms with Gasteiger partial charge in [0.15, 0.2) is 0 Å². The maximum atomic E-state index is 12.7. The van der Waals surface area contributed by atoms with Gasteiger partial charge in [0, 0.05) is 36.5 Å². The molecule has 1 aromatic rings. The zero-order valence-electron chi connectivity index (χ0n) is 11.3. The van der Waals surface area contributed by atoms with Gasteiger partial charge in [0.1, 0.15) is 0 Å². The van der Waals surface area contributed by atoms with Crippen molar-refractivity contribution in [1.29, 1.82) is 0 Å². The summed E-state index contributed by atoms with van der Waals surface area (Å²) >= 11 is 9.12. The van der Waals surface area contributed by atoms with Gasteiger partial charge in [0.25, 0.3) is 0 Å². The zero-order valence-corrected chi connectivity index (χ0v) is 14.5. The van der Waals surface area contributed by atoms with Gasteiger partial charge in [-0.15, -0.1) is 11.6 Å². The summed E-state index contributed by atoms with van der Waals surface area (Å²) < 4.78 is 27.6. The molecule has 112 valence electrons. The second-order valence-electron chi connectivity index (χ2n) is 4.74. The molecule has 0 aliphatic carbocycles. The Morgan fingerprint density at radius 1 is 1.25 bits per heavy atom. The van der Waals surface area contributed by atoms with Crippen molar-refractivity contribution in [3.8, 4) is 0 Å². The summed E-state index contributed by atoms with van der Waals surface area (Å²) in [4.78, 5) is 2.55. The van der Waals surface area contributed by atoms with E-state index in [2.05, 4.69) is 27.8 Å². The highest BCUT2D eigenvalue weighted by Gasteiger charge is 2.29. The number of likely N-dealkylation sites (N-methyl/N-ethyl adjacent to an activating group) is 1. The van der Waals surface area contributed by atoms with E-state index in [-0.39, 0.29) is 0 Å². The molecular weight excluding hydrogens is 364 g/mol. The maximum absolute atomic E-state index is 12.7. The van der Waals surface area contributed by atoms with E-state index in [0.717, 1.165) is 25.2 Å². The van der Waals surface area contributed by atoms with Gasteiger partial charge >= 0.3 is 0 Å². The van der Waals surface area contributed by atoms with Crippen LogP contribution >= 0.6 is 27.5 Å². The third kappa shape index (κ3) is 3.36. The van der Waals surface area contributed by atoms with Crippen LogP contribution < -0.4 is 0 Å². The number of alkyl halides is 1. The molecule has 0 bridgehead atoms. The van der Waals surface area contributed by atoms with Crippen molar-refractivity contribution in [2.45, 2.75) is 17.7 Å². The summed E-state index contributed by atoms with van der Waals surface area (Å²) in [6.07, 6.45) is 0. The molecule has 1 heterocycles. The van der Waals surface area contributed by atoms with E-state index < -0.39 is 10.0 Å². The van der Waals surface area contributed by atoms with Gasteiger partial charge in [0.05, 0.1) is 4.90 Å². The fraction of sp³-hybridized carbons (Fsp3) is 0.538. The van der Waals surface area contributed by atoms with Crippen LogP contribution in [0.4, 0.5) is 0 Å². The summed E-state index contributed by atoms with van der Waals surface area (Å²) in [5, 5.41) is 0. The molecule has 0 aromatic heterocycles. The monoisotopic (exact) mass is 380 g/mol. The third-order valence-electron chi connectivity index (χ3n) is 3.55. The molecule has 0 unspecified atom stereocenters. The Morgan fingerprint density at radius 3 is 2.45 bits per heavy atom. The van der Waals surface area contributed by atoms with E-state index in [0.29, 0.717) is 28.3 Å². The summed E-state index contributed by atoms with van der Waals surface area (Å²) in [5.41, 5.74) is 0.806. The van der Waals surface area contributed by atoms with Crippen LogP contribution in [0.2, 0.25) is 0 Å². The minimum atomic E-state index is -3.46. The van der Waals surface area contributed by atoms with Crippen LogP contribution in [0.3, 0.4) is 0 Å². The summed E-state index contributed by atoms with van der Waals surface area (Å²) in [6.45, 7) is 5.68. The molecule has 4 nitrogen and oxygen atoms in total. The average Bonchev–Trinajstić information content (AvgIpc) is 2.47. The highest BCUT2D eigenvalue weighted by molar-refractivity contribution is 9.10. The van der Waals surface area contributed by atoms with Crippen LogP contribution in [0.1, 0.15) is 12.5 Å². The van der Waals surface area contributed by atoms with Crippen LogP contribution in [0.5, 0.6) is 0 Å². The number of piperazine rings is 1. The Labute approximate surface area is 133 Å². The van der Waals surface area contributed by atoms with E-state index in [1.54, 1.807) is 16.4 Å². The molecular formula is C13H18BrClN2O2S. The quantitative estimate of drug-likeness (QED) is 0.753. The van der Waals surface area contributed by atoms with E-state index in [9.17, 15) is 8.42 Å². The smallest absolute Gasteiger partial charge is 0.244 e. The number of hydrogen-bond acceptors (Lipinski definition) is 3. The van der Waals surface area contributed by atoms with Gasteiger partial charge in [-0.2, -0.15) is 4.31 Å². The second kappa shape index (κ2) is 6.75. The molecule has 1 fully saturated rings. The van der Waals surface area contributed by atoms with Crippen LogP contribution in [-0.2, 0) is 15.9 Å². The molecule has 1 saturated heterocycles. The van der Waals surface area contributed by atoms with Crippen LogP contribution in [0.25, 0.3) is 0 Å². The van der Waals surface area contributed by atoms with Gasteiger partial charge in [0.2, 0.25) is 10.0 Å². The predicted molar refractivity (Wildman–Crippen MR) is 84.6 cm³/mol. The third-order valence-corrected chi connectivity index (χ3v) is 6.75. The first kappa shape index (κ1) is 16.2. The highest BCUT2D eigenvalue weighted by Crippen LogP contribution is 2.27. The molecule has 1 aliphatic heterocycles. The Bertz CT molecular complexity index is 572. The van der Waals surface area contributed by atoms with Crippen molar-refractivity contribution in [2.75, 3.05) is 32.7 Å². The van der Waals surface area contributed by atoms with Crippen molar-refractivity contribution in [3.05, 3.63) is 28.2 Å². The van der Waals surface area contributed by atoms with E-state index in [1.807, 2.05) is 6.07 Å². The number of benzene rings is 1. The molecule has 7 heteroatoms. The first-order valence-corrected chi connectivity index (χ1v) is 9.32. The summed E-state index contributed by atoms with van der Waals surface area (Å²) in [5.74, 6) is 0.305. The number of nitrogens with zero attached hydrogens (tertiary/aromatic N) is 2. The van der Waals surface area contributed by atoms with Crippen LogP contribution in [0.15, 0.2) is 27.6 Å². The molecule has 1 aromatic carbocycles. The molecule has 1 aliphatic rings. The van der Waals surface area contributed by atoms with E-state index in [4.69, 9.17) is 11.6 Å². The number of rotatable bonds is 4. The highest BCUT2D eigenvalue weighted by atomic mass is 79.9. The van der Waals surface area contributed by atoms with Gasteiger partial charge in [-0.3, -0.25) is 0 Å². The number of hydrogen-bond donors (Lipinski definition) is 0. The first-order chi connectivity index (χ1) is 9.48. The number of halogens is 2. The molecule has 0 N–H and O–H groups in total. The van der Waals surface area contributed by atoms with Gasteiger partial charge in [-0.05, 0) is 40.2 Å². The maximum Gasteiger partial charge on any atom is 0.244 e. The second-order valence-corrected chi connectivity index (χ2v) is 7.76. The van der Waals surface area contributed by atoms with Gasteiger partial charge < -0.3 is 4.90 Å². The zero-order chi connectivity index (χ0) is 14.8. The Balaban J connectivity index is 2.27. The lowest BCUT2D eigenvalue weighted by atomic mass is 10.2. The largest absolute Gasteiger partial charge is 0.301 e. The molecule has 0 saturated carbocycles. The Morgan fingerprint density at radius 2 is 1.90 bits per heavy atom. The van der Waals surface area contributed by atoms with E-state index in [1.165, 1.54) is 0 Å². The van der Waals surface area contributed by atoms with Crippen molar-refractivity contribution in [2.24, 2.45) is 0 Å². The van der Waals surface area contributed by atoms with Crippen LogP contribution in [0, 0.1) is 0 Å². The minimum Gasteiger partial charge on any atom is -0.301 e. The van der Waals surface area contributed by atoms with Crippen molar-refractivity contribution < 1.29 is 8.42 Å². The molecule has 0 atom stereocenters. The van der Waals surface area contributed by atoms with Crippen molar-refractivity contribution >= 4 is 37.6 Å². The molecule has 0 radical (unpaired) electrons. The molecule has 20 heavy (non-hydrogen) atoms. The topological polar surface area (TPSA) is 40.6 Å². The lowest BCUT2D eigenvalue weighted by Crippen LogP contribution is -2.48.